The molecule has 1 aromatic carbocycles. The molecule has 3 rings (SSSR count). The summed E-state index contributed by atoms with van der Waals surface area (Å²) in [5, 5.41) is 2.56. The van der Waals surface area contributed by atoms with Crippen LogP contribution in [0.5, 0.6) is 0 Å². The predicted molar refractivity (Wildman–Crippen MR) is 76.0 cm³/mol. The van der Waals surface area contributed by atoms with Gasteiger partial charge in [-0.05, 0) is 41.3 Å². The minimum Gasteiger partial charge on any atom is -0.398 e. The lowest BCUT2D eigenvalue weighted by atomic mass is 10.1. The van der Waals surface area contributed by atoms with Gasteiger partial charge in [0.25, 0.3) is 5.56 Å². The van der Waals surface area contributed by atoms with E-state index in [0.717, 1.165) is 4.70 Å². The van der Waals surface area contributed by atoms with Crippen molar-refractivity contribution in [2.75, 3.05) is 5.73 Å². The molecule has 0 spiro atoms. The Labute approximate surface area is 112 Å². The number of aromatic nitrogens is 1. The summed E-state index contributed by atoms with van der Waals surface area (Å²) in [6, 6.07) is 7.87. The quantitative estimate of drug-likeness (QED) is 0.730. The Morgan fingerprint density at radius 2 is 2.11 bits per heavy atom. The summed E-state index contributed by atoms with van der Waals surface area (Å²) in [7, 11) is 0. The van der Waals surface area contributed by atoms with Crippen molar-refractivity contribution in [1.29, 1.82) is 0 Å². The van der Waals surface area contributed by atoms with E-state index in [9.17, 15) is 9.18 Å². The molecule has 3 aromatic rings. The standard InChI is InChI=1S/C14H11FN2OS/c15-10-1-2-12(16)9(7-10)8-17-5-3-13-11(14(17)18)4-6-19-13/h1-7H,8,16H2. The smallest absolute Gasteiger partial charge is 0.259 e. The average molecular weight is 274 g/mol. The molecule has 0 atom stereocenters. The largest absolute Gasteiger partial charge is 0.398 e. The molecule has 0 saturated carbocycles. The lowest BCUT2D eigenvalue weighted by Crippen LogP contribution is -2.20. The van der Waals surface area contributed by atoms with Crippen LogP contribution in [0.2, 0.25) is 0 Å². The number of nitrogens with two attached hydrogens (primary N) is 1. The minimum absolute atomic E-state index is 0.0811. The Bertz CT molecular complexity index is 807. The molecule has 19 heavy (non-hydrogen) atoms. The molecule has 0 amide bonds. The highest BCUT2D eigenvalue weighted by Gasteiger charge is 2.07. The number of halogens is 1. The van der Waals surface area contributed by atoms with Gasteiger partial charge in [0.05, 0.1) is 11.9 Å². The molecule has 0 radical (unpaired) electrons. The van der Waals surface area contributed by atoms with Gasteiger partial charge in [0.2, 0.25) is 0 Å². The van der Waals surface area contributed by atoms with Crippen LogP contribution in [-0.2, 0) is 6.54 Å². The van der Waals surface area contributed by atoms with E-state index in [2.05, 4.69) is 0 Å². The number of thiophene rings is 1. The first kappa shape index (κ1) is 11.9. The molecule has 0 fully saturated rings. The second-order valence-electron chi connectivity index (χ2n) is 4.29. The van der Waals surface area contributed by atoms with Crippen molar-refractivity contribution in [2.24, 2.45) is 0 Å². The fourth-order valence-electron chi connectivity index (χ4n) is 2.03. The molecule has 96 valence electrons. The van der Waals surface area contributed by atoms with Crippen molar-refractivity contribution < 1.29 is 4.39 Å². The summed E-state index contributed by atoms with van der Waals surface area (Å²) >= 11 is 1.52. The molecule has 0 aliphatic heterocycles. The van der Waals surface area contributed by atoms with Gasteiger partial charge in [0.1, 0.15) is 5.82 Å². The molecule has 0 saturated heterocycles. The molecule has 5 heteroatoms. The van der Waals surface area contributed by atoms with Crippen molar-refractivity contribution >= 4 is 27.1 Å². The van der Waals surface area contributed by atoms with E-state index in [1.54, 1.807) is 16.8 Å². The summed E-state index contributed by atoms with van der Waals surface area (Å²) in [6.45, 7) is 0.272. The van der Waals surface area contributed by atoms with Crippen LogP contribution in [0.15, 0.2) is 46.7 Å². The maximum absolute atomic E-state index is 13.2. The van der Waals surface area contributed by atoms with E-state index >= 15 is 0 Å². The SMILES string of the molecule is Nc1ccc(F)cc1Cn1ccc2sccc2c1=O. The van der Waals surface area contributed by atoms with Gasteiger partial charge in [0, 0.05) is 16.6 Å². The van der Waals surface area contributed by atoms with Crippen LogP contribution in [0.25, 0.3) is 10.1 Å². The highest BCUT2D eigenvalue weighted by molar-refractivity contribution is 7.17. The zero-order valence-electron chi connectivity index (χ0n) is 9.97. The van der Waals surface area contributed by atoms with Gasteiger partial charge in [-0.15, -0.1) is 11.3 Å². The molecule has 0 unspecified atom stereocenters. The fourth-order valence-corrected chi connectivity index (χ4v) is 2.80. The van der Waals surface area contributed by atoms with Gasteiger partial charge in [-0.3, -0.25) is 4.79 Å². The highest BCUT2D eigenvalue weighted by atomic mass is 32.1. The fraction of sp³-hybridized carbons (Fsp3) is 0.0714. The van der Waals surface area contributed by atoms with Crippen molar-refractivity contribution in [2.45, 2.75) is 6.54 Å². The summed E-state index contributed by atoms with van der Waals surface area (Å²) in [6.07, 6.45) is 1.71. The zero-order chi connectivity index (χ0) is 13.4. The average Bonchev–Trinajstić information content (AvgIpc) is 2.86. The van der Waals surface area contributed by atoms with Crippen molar-refractivity contribution in [3.8, 4) is 0 Å². The summed E-state index contributed by atoms with van der Waals surface area (Å²) in [4.78, 5) is 12.2. The van der Waals surface area contributed by atoms with Gasteiger partial charge in [-0.2, -0.15) is 0 Å². The van der Waals surface area contributed by atoms with E-state index < -0.39 is 0 Å². The van der Waals surface area contributed by atoms with Crippen LogP contribution in [0.4, 0.5) is 10.1 Å². The first-order valence-electron chi connectivity index (χ1n) is 5.76. The second kappa shape index (κ2) is 4.51. The molecule has 2 N–H and O–H groups in total. The van der Waals surface area contributed by atoms with E-state index in [1.165, 1.54) is 29.5 Å². The monoisotopic (exact) mass is 274 g/mol. The van der Waals surface area contributed by atoms with E-state index in [4.69, 9.17) is 5.73 Å². The maximum Gasteiger partial charge on any atom is 0.259 e. The number of hydrogen-bond acceptors (Lipinski definition) is 3. The van der Waals surface area contributed by atoms with Crippen molar-refractivity contribution in [1.82, 2.24) is 4.57 Å². The number of benzene rings is 1. The molecule has 0 aliphatic carbocycles. The molecular formula is C14H11FN2OS. The van der Waals surface area contributed by atoms with Crippen molar-refractivity contribution in [3.05, 3.63) is 63.6 Å². The first-order valence-corrected chi connectivity index (χ1v) is 6.63. The number of hydrogen-bond donors (Lipinski definition) is 1. The van der Waals surface area contributed by atoms with Crippen LogP contribution >= 0.6 is 11.3 Å². The van der Waals surface area contributed by atoms with Crippen LogP contribution in [0.3, 0.4) is 0 Å². The highest BCUT2D eigenvalue weighted by Crippen LogP contribution is 2.18. The maximum atomic E-state index is 13.2. The zero-order valence-corrected chi connectivity index (χ0v) is 10.8. The number of nitrogens with zero attached hydrogens (tertiary/aromatic N) is 1. The Hall–Kier alpha value is -2.14. The Kier molecular flexibility index (Phi) is 2.83. The lowest BCUT2D eigenvalue weighted by Gasteiger charge is -2.08. The number of pyridine rings is 1. The second-order valence-corrected chi connectivity index (χ2v) is 5.24. The Morgan fingerprint density at radius 3 is 2.95 bits per heavy atom. The van der Waals surface area contributed by atoms with Crippen LogP contribution in [0, 0.1) is 5.82 Å². The normalized spacial score (nSPS) is 11.0. The minimum atomic E-state index is -0.353. The van der Waals surface area contributed by atoms with Crippen LogP contribution in [0.1, 0.15) is 5.56 Å². The van der Waals surface area contributed by atoms with Crippen LogP contribution < -0.4 is 11.3 Å². The summed E-state index contributed by atoms with van der Waals surface area (Å²) in [5.74, 6) is -0.353. The Balaban J connectivity index is 2.08. The van der Waals surface area contributed by atoms with Crippen LogP contribution in [-0.4, -0.2) is 4.57 Å². The van der Waals surface area contributed by atoms with E-state index in [-0.39, 0.29) is 17.9 Å². The number of fused-ring (bicyclic) bond motifs is 1. The third-order valence-electron chi connectivity index (χ3n) is 3.04. The predicted octanol–water partition coefficient (Wildman–Crippen LogP) is 2.83. The van der Waals surface area contributed by atoms with Gasteiger partial charge in [-0.1, -0.05) is 0 Å². The molecule has 2 aromatic heterocycles. The summed E-state index contributed by atoms with van der Waals surface area (Å²) < 4.78 is 15.7. The van der Waals surface area contributed by atoms with Gasteiger partial charge >= 0.3 is 0 Å². The van der Waals surface area contributed by atoms with Crippen molar-refractivity contribution in [3.63, 3.8) is 0 Å². The molecule has 2 heterocycles. The molecule has 3 nitrogen and oxygen atoms in total. The molecular weight excluding hydrogens is 263 g/mol. The Morgan fingerprint density at radius 1 is 1.26 bits per heavy atom. The molecule has 0 bridgehead atoms. The number of anilines is 1. The number of rotatable bonds is 2. The third kappa shape index (κ3) is 2.13. The van der Waals surface area contributed by atoms with E-state index in [0.29, 0.717) is 16.6 Å². The van der Waals surface area contributed by atoms with Gasteiger partial charge in [0.15, 0.2) is 0 Å². The number of nitrogen functional groups attached to an aromatic ring is 1. The topological polar surface area (TPSA) is 48.0 Å². The summed E-state index contributed by atoms with van der Waals surface area (Å²) in [5.41, 5.74) is 6.81. The lowest BCUT2D eigenvalue weighted by molar-refractivity contribution is 0.623. The van der Waals surface area contributed by atoms with Gasteiger partial charge < -0.3 is 10.3 Å². The molecule has 0 aliphatic rings. The van der Waals surface area contributed by atoms with Gasteiger partial charge in [-0.25, -0.2) is 4.39 Å². The van der Waals surface area contributed by atoms with E-state index in [1.807, 2.05) is 11.4 Å². The first-order chi connectivity index (χ1) is 9.15. The third-order valence-corrected chi connectivity index (χ3v) is 3.92.